The van der Waals surface area contributed by atoms with Crippen LogP contribution in [0.2, 0.25) is 0 Å². The van der Waals surface area contributed by atoms with Crippen LogP contribution in [0.15, 0.2) is 0 Å². The lowest BCUT2D eigenvalue weighted by Crippen LogP contribution is -2.45. The molecule has 0 aliphatic carbocycles. The highest BCUT2D eigenvalue weighted by atomic mass is 16.6. The van der Waals surface area contributed by atoms with E-state index in [1.54, 1.807) is 0 Å². The van der Waals surface area contributed by atoms with Gasteiger partial charge in [0.1, 0.15) is 6.04 Å². The zero-order chi connectivity index (χ0) is 9.68. The van der Waals surface area contributed by atoms with Gasteiger partial charge in [0.05, 0.1) is 7.11 Å². The summed E-state index contributed by atoms with van der Waals surface area (Å²) >= 11 is 0. The molecule has 5 nitrogen and oxygen atoms in total. The molecule has 1 saturated heterocycles. The Hall–Kier alpha value is -1.10. The van der Waals surface area contributed by atoms with E-state index in [-0.39, 0.29) is 11.8 Å². The SMILES string of the molecule is CONC(=O)C1CCCCC(=O)N1. The highest BCUT2D eigenvalue weighted by molar-refractivity contribution is 5.87. The van der Waals surface area contributed by atoms with Crippen molar-refractivity contribution in [3.8, 4) is 0 Å². The topological polar surface area (TPSA) is 67.4 Å². The zero-order valence-electron chi connectivity index (χ0n) is 7.63. The van der Waals surface area contributed by atoms with Crippen molar-refractivity contribution in [3.05, 3.63) is 0 Å². The van der Waals surface area contributed by atoms with Gasteiger partial charge in [0, 0.05) is 6.42 Å². The molecular weight excluding hydrogens is 172 g/mol. The van der Waals surface area contributed by atoms with E-state index in [9.17, 15) is 9.59 Å². The van der Waals surface area contributed by atoms with Gasteiger partial charge >= 0.3 is 0 Å². The minimum absolute atomic E-state index is 0.0613. The van der Waals surface area contributed by atoms with E-state index < -0.39 is 6.04 Å². The molecule has 1 fully saturated rings. The summed E-state index contributed by atoms with van der Waals surface area (Å²) in [7, 11) is 1.37. The van der Waals surface area contributed by atoms with E-state index in [0.717, 1.165) is 12.8 Å². The van der Waals surface area contributed by atoms with Crippen LogP contribution in [0, 0.1) is 0 Å². The summed E-state index contributed by atoms with van der Waals surface area (Å²) in [6, 6.07) is -0.435. The Bertz CT molecular complexity index is 206. The lowest BCUT2D eigenvalue weighted by molar-refractivity contribution is -0.136. The number of amides is 2. The van der Waals surface area contributed by atoms with Crippen LogP contribution >= 0.6 is 0 Å². The maximum atomic E-state index is 11.2. The molecule has 1 rings (SSSR count). The molecule has 1 aliphatic heterocycles. The molecule has 74 valence electrons. The van der Waals surface area contributed by atoms with E-state index in [1.165, 1.54) is 7.11 Å². The quantitative estimate of drug-likeness (QED) is 0.583. The Morgan fingerprint density at radius 3 is 3.08 bits per heavy atom. The van der Waals surface area contributed by atoms with Crippen molar-refractivity contribution in [3.63, 3.8) is 0 Å². The Labute approximate surface area is 76.8 Å². The summed E-state index contributed by atoms with van der Waals surface area (Å²) in [4.78, 5) is 26.8. The molecule has 1 heterocycles. The van der Waals surface area contributed by atoms with Gasteiger partial charge in [0.2, 0.25) is 5.91 Å². The average molecular weight is 186 g/mol. The molecule has 0 bridgehead atoms. The van der Waals surface area contributed by atoms with E-state index in [2.05, 4.69) is 15.6 Å². The van der Waals surface area contributed by atoms with Gasteiger partial charge < -0.3 is 5.32 Å². The molecule has 1 atom stereocenters. The van der Waals surface area contributed by atoms with Crippen molar-refractivity contribution in [2.75, 3.05) is 7.11 Å². The summed E-state index contributed by atoms with van der Waals surface area (Å²) in [5.41, 5.74) is 2.21. The lowest BCUT2D eigenvalue weighted by Gasteiger charge is -2.13. The number of carbonyl (C=O) groups is 2. The Morgan fingerprint density at radius 2 is 2.38 bits per heavy atom. The fraction of sp³-hybridized carbons (Fsp3) is 0.750. The highest BCUT2D eigenvalue weighted by Gasteiger charge is 2.22. The number of hydroxylamine groups is 1. The third kappa shape index (κ3) is 3.02. The largest absolute Gasteiger partial charge is 0.344 e. The van der Waals surface area contributed by atoms with Gasteiger partial charge in [0.15, 0.2) is 0 Å². The van der Waals surface area contributed by atoms with Crippen LogP contribution in [0.1, 0.15) is 25.7 Å². The molecule has 2 amide bonds. The van der Waals surface area contributed by atoms with Crippen molar-refractivity contribution in [2.45, 2.75) is 31.7 Å². The second-order valence-corrected chi connectivity index (χ2v) is 3.04. The van der Waals surface area contributed by atoms with Gasteiger partial charge in [0.25, 0.3) is 5.91 Å². The van der Waals surface area contributed by atoms with E-state index in [1.807, 2.05) is 0 Å². The van der Waals surface area contributed by atoms with Crippen LogP contribution in [-0.2, 0) is 14.4 Å². The number of hydrogen-bond acceptors (Lipinski definition) is 3. The molecule has 0 aromatic carbocycles. The molecule has 1 unspecified atom stereocenters. The molecule has 0 saturated carbocycles. The highest BCUT2D eigenvalue weighted by Crippen LogP contribution is 2.09. The van der Waals surface area contributed by atoms with Crippen molar-refractivity contribution < 1.29 is 14.4 Å². The standard InChI is InChI=1S/C8H14N2O3/c1-13-10-8(12)6-4-2-3-5-7(11)9-6/h6H,2-5H2,1H3,(H,9,11)(H,10,12). The maximum absolute atomic E-state index is 11.2. The van der Waals surface area contributed by atoms with E-state index in [4.69, 9.17) is 0 Å². The van der Waals surface area contributed by atoms with Gasteiger partial charge in [-0.25, -0.2) is 5.48 Å². The lowest BCUT2D eigenvalue weighted by atomic mass is 10.1. The Morgan fingerprint density at radius 1 is 1.62 bits per heavy atom. The Balaban J connectivity index is 2.47. The number of rotatable bonds is 2. The van der Waals surface area contributed by atoms with Gasteiger partial charge in [-0.3, -0.25) is 14.4 Å². The van der Waals surface area contributed by atoms with Gasteiger partial charge in [-0.05, 0) is 12.8 Å². The molecule has 1 aliphatic rings. The molecule has 0 aromatic rings. The minimum Gasteiger partial charge on any atom is -0.344 e. The van der Waals surface area contributed by atoms with Crippen molar-refractivity contribution in [1.82, 2.24) is 10.8 Å². The summed E-state index contributed by atoms with van der Waals surface area (Å²) in [6.45, 7) is 0. The number of carbonyl (C=O) groups excluding carboxylic acids is 2. The normalized spacial score (nSPS) is 23.2. The first-order valence-corrected chi connectivity index (χ1v) is 4.36. The maximum Gasteiger partial charge on any atom is 0.266 e. The molecule has 5 heteroatoms. The fourth-order valence-electron chi connectivity index (χ4n) is 1.34. The molecule has 13 heavy (non-hydrogen) atoms. The van der Waals surface area contributed by atoms with Gasteiger partial charge in [-0.2, -0.15) is 0 Å². The summed E-state index contributed by atoms with van der Waals surface area (Å²) in [5, 5.41) is 2.63. The average Bonchev–Trinajstić information content (AvgIpc) is 2.30. The van der Waals surface area contributed by atoms with Crippen LogP contribution in [-0.4, -0.2) is 25.0 Å². The van der Waals surface area contributed by atoms with Crippen LogP contribution in [0.5, 0.6) is 0 Å². The second-order valence-electron chi connectivity index (χ2n) is 3.04. The molecule has 0 aromatic heterocycles. The minimum atomic E-state index is -0.435. The Kier molecular flexibility index (Phi) is 3.70. The van der Waals surface area contributed by atoms with Gasteiger partial charge in [-0.1, -0.05) is 6.42 Å². The first-order valence-electron chi connectivity index (χ1n) is 4.36. The number of hydrogen-bond donors (Lipinski definition) is 2. The zero-order valence-corrected chi connectivity index (χ0v) is 7.63. The first kappa shape index (κ1) is 9.98. The molecule has 0 radical (unpaired) electrons. The number of nitrogens with one attached hydrogen (secondary N) is 2. The summed E-state index contributed by atoms with van der Waals surface area (Å²) < 4.78 is 0. The van der Waals surface area contributed by atoms with Crippen molar-refractivity contribution >= 4 is 11.8 Å². The smallest absolute Gasteiger partial charge is 0.266 e. The van der Waals surface area contributed by atoms with Crippen molar-refractivity contribution in [2.24, 2.45) is 0 Å². The van der Waals surface area contributed by atoms with Crippen LogP contribution < -0.4 is 10.8 Å². The van der Waals surface area contributed by atoms with Crippen LogP contribution in [0.3, 0.4) is 0 Å². The third-order valence-electron chi connectivity index (χ3n) is 2.00. The van der Waals surface area contributed by atoms with Crippen molar-refractivity contribution in [1.29, 1.82) is 0 Å². The fourth-order valence-corrected chi connectivity index (χ4v) is 1.34. The van der Waals surface area contributed by atoms with Crippen LogP contribution in [0.4, 0.5) is 0 Å². The third-order valence-corrected chi connectivity index (χ3v) is 2.00. The second kappa shape index (κ2) is 4.81. The molecular formula is C8H14N2O3. The molecule has 0 spiro atoms. The first-order chi connectivity index (χ1) is 6.24. The van der Waals surface area contributed by atoms with E-state index >= 15 is 0 Å². The molecule has 2 N–H and O–H groups in total. The monoisotopic (exact) mass is 186 g/mol. The predicted molar refractivity (Wildman–Crippen MR) is 45.6 cm³/mol. The summed E-state index contributed by atoms with van der Waals surface area (Å²) in [6.07, 6.45) is 2.93. The van der Waals surface area contributed by atoms with E-state index in [0.29, 0.717) is 12.8 Å². The predicted octanol–water partition coefficient (Wildman–Crippen LogP) is -0.277. The van der Waals surface area contributed by atoms with Crippen LogP contribution in [0.25, 0.3) is 0 Å². The summed E-state index contributed by atoms with van der Waals surface area (Å²) in [5.74, 6) is -0.341. The van der Waals surface area contributed by atoms with Gasteiger partial charge in [-0.15, -0.1) is 0 Å².